The number of hydrogen-bond acceptors (Lipinski definition) is 1. The molecule has 0 radical (unpaired) electrons. The SMILES string of the molecule is CC1C=CC=C2C1=Nc1ccccc12. The summed E-state index contributed by atoms with van der Waals surface area (Å²) in [6.07, 6.45) is 6.47. The van der Waals surface area contributed by atoms with Gasteiger partial charge in [0.15, 0.2) is 0 Å². The first-order valence-corrected chi connectivity index (χ1v) is 4.93. The zero-order valence-electron chi connectivity index (χ0n) is 8.07. The van der Waals surface area contributed by atoms with Gasteiger partial charge in [-0.2, -0.15) is 0 Å². The molecule has 0 amide bonds. The number of allylic oxidation sites excluding steroid dienone is 4. The topological polar surface area (TPSA) is 12.4 Å². The van der Waals surface area contributed by atoms with E-state index in [-0.39, 0.29) is 0 Å². The number of rotatable bonds is 0. The Hall–Kier alpha value is -1.63. The third-order valence-corrected chi connectivity index (χ3v) is 2.81. The highest BCUT2D eigenvalue weighted by atomic mass is 14.8. The lowest BCUT2D eigenvalue weighted by Crippen LogP contribution is -2.09. The van der Waals surface area contributed by atoms with Gasteiger partial charge in [0.1, 0.15) is 0 Å². The average molecular weight is 181 g/mol. The molecule has 1 aliphatic carbocycles. The van der Waals surface area contributed by atoms with E-state index >= 15 is 0 Å². The van der Waals surface area contributed by atoms with E-state index < -0.39 is 0 Å². The lowest BCUT2D eigenvalue weighted by atomic mass is 9.91. The summed E-state index contributed by atoms with van der Waals surface area (Å²) in [5.41, 5.74) is 4.91. The summed E-state index contributed by atoms with van der Waals surface area (Å²) in [7, 11) is 0. The van der Waals surface area contributed by atoms with Gasteiger partial charge in [-0.05, 0) is 6.07 Å². The van der Waals surface area contributed by atoms with Gasteiger partial charge in [0.25, 0.3) is 0 Å². The number of hydrogen-bond donors (Lipinski definition) is 0. The highest BCUT2D eigenvalue weighted by Gasteiger charge is 2.24. The van der Waals surface area contributed by atoms with Crippen LogP contribution in [-0.4, -0.2) is 5.71 Å². The predicted octanol–water partition coefficient (Wildman–Crippen LogP) is 3.36. The van der Waals surface area contributed by atoms with Crippen molar-refractivity contribution in [2.24, 2.45) is 10.9 Å². The molecule has 0 saturated heterocycles. The van der Waals surface area contributed by atoms with Crippen LogP contribution in [0, 0.1) is 5.92 Å². The largest absolute Gasteiger partial charge is 0.252 e. The quantitative estimate of drug-likeness (QED) is 0.582. The number of aliphatic imine (C=N–C) groups is 1. The molecule has 1 nitrogen and oxygen atoms in total. The van der Waals surface area contributed by atoms with Gasteiger partial charge in [0.05, 0.1) is 11.4 Å². The lowest BCUT2D eigenvalue weighted by molar-refractivity contribution is 1.00. The number of fused-ring (bicyclic) bond motifs is 3. The Morgan fingerprint density at radius 3 is 3.00 bits per heavy atom. The van der Waals surface area contributed by atoms with E-state index in [1.54, 1.807) is 0 Å². The van der Waals surface area contributed by atoms with Crippen LogP contribution < -0.4 is 0 Å². The molecule has 68 valence electrons. The summed E-state index contributed by atoms with van der Waals surface area (Å²) in [4.78, 5) is 4.65. The van der Waals surface area contributed by atoms with Crippen LogP contribution in [0.4, 0.5) is 5.69 Å². The maximum Gasteiger partial charge on any atom is 0.0712 e. The Morgan fingerprint density at radius 2 is 2.07 bits per heavy atom. The molecule has 1 aromatic rings. The fourth-order valence-corrected chi connectivity index (χ4v) is 2.06. The van der Waals surface area contributed by atoms with E-state index in [9.17, 15) is 0 Å². The van der Waals surface area contributed by atoms with E-state index in [0.29, 0.717) is 5.92 Å². The van der Waals surface area contributed by atoms with Gasteiger partial charge in [0.2, 0.25) is 0 Å². The molecular weight excluding hydrogens is 170 g/mol. The van der Waals surface area contributed by atoms with Crippen molar-refractivity contribution in [1.82, 2.24) is 0 Å². The Kier molecular flexibility index (Phi) is 1.48. The average Bonchev–Trinajstić information content (AvgIpc) is 2.59. The highest BCUT2D eigenvalue weighted by molar-refractivity contribution is 6.31. The maximum absolute atomic E-state index is 4.65. The van der Waals surface area contributed by atoms with Crippen molar-refractivity contribution in [3.63, 3.8) is 0 Å². The van der Waals surface area contributed by atoms with Crippen molar-refractivity contribution >= 4 is 17.0 Å². The van der Waals surface area contributed by atoms with Crippen molar-refractivity contribution in [1.29, 1.82) is 0 Å². The van der Waals surface area contributed by atoms with Gasteiger partial charge in [-0.25, -0.2) is 0 Å². The Balaban J connectivity index is 2.24. The van der Waals surface area contributed by atoms with Crippen molar-refractivity contribution in [2.45, 2.75) is 6.92 Å². The molecule has 1 heterocycles. The predicted molar refractivity (Wildman–Crippen MR) is 59.8 cm³/mol. The van der Waals surface area contributed by atoms with Crippen molar-refractivity contribution < 1.29 is 0 Å². The van der Waals surface area contributed by atoms with Crippen LogP contribution in [0.3, 0.4) is 0 Å². The van der Waals surface area contributed by atoms with Crippen LogP contribution in [0.25, 0.3) is 5.57 Å². The summed E-state index contributed by atoms with van der Waals surface area (Å²) >= 11 is 0. The third-order valence-electron chi connectivity index (χ3n) is 2.81. The molecule has 2 aliphatic rings. The van der Waals surface area contributed by atoms with Crippen LogP contribution in [-0.2, 0) is 0 Å². The molecule has 0 fully saturated rings. The van der Waals surface area contributed by atoms with E-state index in [1.807, 2.05) is 6.07 Å². The summed E-state index contributed by atoms with van der Waals surface area (Å²) in [5, 5.41) is 0. The minimum atomic E-state index is 0.447. The third kappa shape index (κ3) is 0.925. The van der Waals surface area contributed by atoms with Crippen LogP contribution in [0.2, 0.25) is 0 Å². The molecule has 0 saturated carbocycles. The van der Waals surface area contributed by atoms with E-state index in [0.717, 1.165) is 5.69 Å². The van der Waals surface area contributed by atoms with Crippen LogP contribution in [0.5, 0.6) is 0 Å². The number of nitrogens with zero attached hydrogens (tertiary/aromatic N) is 1. The van der Waals surface area contributed by atoms with Crippen LogP contribution >= 0.6 is 0 Å². The second kappa shape index (κ2) is 2.68. The van der Waals surface area contributed by atoms with Crippen molar-refractivity contribution in [2.75, 3.05) is 0 Å². The summed E-state index contributed by atoms with van der Waals surface area (Å²) < 4.78 is 0. The molecule has 0 bridgehead atoms. The smallest absolute Gasteiger partial charge is 0.0712 e. The van der Waals surface area contributed by atoms with Crippen molar-refractivity contribution in [3.05, 3.63) is 48.1 Å². The molecule has 1 atom stereocenters. The standard InChI is InChI=1S/C13H11N/c1-9-5-4-7-11-10-6-2-3-8-12(10)14-13(9)11/h2-9H,1H3. The normalized spacial score (nSPS) is 22.5. The monoisotopic (exact) mass is 181 g/mol. The van der Waals surface area contributed by atoms with Crippen LogP contribution in [0.15, 0.2) is 47.5 Å². The zero-order chi connectivity index (χ0) is 9.54. The fraction of sp³-hybridized carbons (Fsp3) is 0.154. The molecule has 14 heavy (non-hydrogen) atoms. The van der Waals surface area contributed by atoms with Gasteiger partial charge < -0.3 is 0 Å². The molecule has 3 rings (SSSR count). The Morgan fingerprint density at radius 1 is 1.21 bits per heavy atom. The second-order valence-corrected chi connectivity index (χ2v) is 3.77. The first-order chi connectivity index (χ1) is 6.86. The fourth-order valence-electron chi connectivity index (χ4n) is 2.06. The Labute approximate surface area is 83.5 Å². The summed E-state index contributed by atoms with van der Waals surface area (Å²) in [5.74, 6) is 0.447. The zero-order valence-corrected chi connectivity index (χ0v) is 8.07. The first kappa shape index (κ1) is 7.74. The van der Waals surface area contributed by atoms with Crippen molar-refractivity contribution in [3.8, 4) is 0 Å². The minimum absolute atomic E-state index is 0.447. The van der Waals surface area contributed by atoms with Crippen LogP contribution in [0.1, 0.15) is 12.5 Å². The van der Waals surface area contributed by atoms with Gasteiger partial charge >= 0.3 is 0 Å². The van der Waals surface area contributed by atoms with E-state index in [4.69, 9.17) is 0 Å². The summed E-state index contributed by atoms with van der Waals surface area (Å²) in [6.45, 7) is 2.19. The lowest BCUT2D eigenvalue weighted by Gasteiger charge is -2.12. The minimum Gasteiger partial charge on any atom is -0.252 e. The molecular formula is C13H11N. The summed E-state index contributed by atoms with van der Waals surface area (Å²) in [6, 6.07) is 8.33. The molecule has 0 N–H and O–H groups in total. The van der Waals surface area contributed by atoms with Gasteiger partial charge in [-0.1, -0.05) is 43.4 Å². The van der Waals surface area contributed by atoms with Gasteiger partial charge in [-0.3, -0.25) is 4.99 Å². The number of benzene rings is 1. The van der Waals surface area contributed by atoms with E-state index in [1.165, 1.54) is 16.8 Å². The van der Waals surface area contributed by atoms with E-state index in [2.05, 4.69) is 48.3 Å². The Bertz CT molecular complexity index is 478. The second-order valence-electron chi connectivity index (χ2n) is 3.77. The maximum atomic E-state index is 4.65. The molecule has 0 aromatic heterocycles. The molecule has 0 spiro atoms. The molecule has 1 unspecified atom stereocenters. The van der Waals surface area contributed by atoms with Gasteiger partial charge in [0, 0.05) is 17.1 Å². The highest BCUT2D eigenvalue weighted by Crippen LogP contribution is 2.38. The van der Waals surface area contributed by atoms with Gasteiger partial charge in [-0.15, -0.1) is 0 Å². The first-order valence-electron chi connectivity index (χ1n) is 4.93. The molecule has 1 heteroatoms. The number of para-hydroxylation sites is 1. The molecule has 1 aliphatic heterocycles. The molecule has 1 aromatic carbocycles.